The average molecular weight is 328 g/mol. The normalized spacial score (nSPS) is 11.0. The van der Waals surface area contributed by atoms with E-state index in [1.165, 1.54) is 0 Å². The first-order valence-electron chi connectivity index (χ1n) is 6.76. The van der Waals surface area contributed by atoms with Gasteiger partial charge in [-0.2, -0.15) is 5.10 Å². The van der Waals surface area contributed by atoms with Gasteiger partial charge < -0.3 is 0 Å². The Morgan fingerprint density at radius 1 is 1.09 bits per heavy atom. The van der Waals surface area contributed by atoms with E-state index in [-0.39, 0.29) is 0 Å². The van der Waals surface area contributed by atoms with E-state index in [0.29, 0.717) is 0 Å². The minimum Gasteiger partial charge on any atom is -0.242 e. The largest absolute Gasteiger partial charge is 0.242 e. The molecular weight excluding hydrogens is 314 g/mol. The van der Waals surface area contributed by atoms with E-state index in [1.807, 2.05) is 54.9 Å². The molecule has 0 spiro atoms. The Kier molecular flexibility index (Phi) is 4.51. The van der Waals surface area contributed by atoms with Crippen LogP contribution < -0.4 is 5.01 Å². The highest BCUT2D eigenvalue weighted by atomic mass is 35.5. The standard InChI is InChI=1S/C17H14ClN3S/c1-21(19-11-13-7-9-15(18)10-8-13)17-20-16(12-22-17)14-5-3-2-4-6-14/h2-12H,1H3/b19-11-. The predicted octanol–water partition coefficient (Wildman–Crippen LogP) is 4.93. The second-order valence-electron chi connectivity index (χ2n) is 4.70. The Hall–Kier alpha value is -2.17. The van der Waals surface area contributed by atoms with Gasteiger partial charge in [-0.25, -0.2) is 9.99 Å². The summed E-state index contributed by atoms with van der Waals surface area (Å²) in [5, 5.41) is 9.80. The van der Waals surface area contributed by atoms with Crippen LogP contribution in [-0.4, -0.2) is 18.2 Å². The fourth-order valence-corrected chi connectivity index (χ4v) is 2.79. The third-order valence-corrected chi connectivity index (χ3v) is 4.25. The maximum Gasteiger partial charge on any atom is 0.206 e. The zero-order chi connectivity index (χ0) is 15.4. The number of nitrogens with zero attached hydrogens (tertiary/aromatic N) is 3. The minimum absolute atomic E-state index is 0.720. The van der Waals surface area contributed by atoms with Crippen LogP contribution in [-0.2, 0) is 0 Å². The van der Waals surface area contributed by atoms with Crippen molar-refractivity contribution in [3.05, 3.63) is 70.6 Å². The zero-order valence-electron chi connectivity index (χ0n) is 12.0. The summed E-state index contributed by atoms with van der Waals surface area (Å²) in [7, 11) is 1.89. The van der Waals surface area contributed by atoms with E-state index >= 15 is 0 Å². The van der Waals surface area contributed by atoms with Crippen molar-refractivity contribution in [2.24, 2.45) is 5.10 Å². The van der Waals surface area contributed by atoms with Crippen LogP contribution in [0.5, 0.6) is 0 Å². The van der Waals surface area contributed by atoms with Crippen molar-refractivity contribution in [3.8, 4) is 11.3 Å². The molecule has 1 heterocycles. The highest BCUT2D eigenvalue weighted by Gasteiger charge is 2.07. The van der Waals surface area contributed by atoms with Gasteiger partial charge in [-0.3, -0.25) is 0 Å². The molecule has 0 unspecified atom stereocenters. The number of halogens is 1. The van der Waals surface area contributed by atoms with E-state index in [9.17, 15) is 0 Å². The first-order valence-corrected chi connectivity index (χ1v) is 8.02. The zero-order valence-corrected chi connectivity index (χ0v) is 13.6. The fourth-order valence-electron chi connectivity index (χ4n) is 1.91. The molecule has 0 radical (unpaired) electrons. The highest BCUT2D eigenvalue weighted by molar-refractivity contribution is 7.14. The van der Waals surface area contributed by atoms with Crippen molar-refractivity contribution in [1.82, 2.24) is 4.98 Å². The Bertz CT molecular complexity index is 766. The Labute approximate surface area is 138 Å². The summed E-state index contributed by atoms with van der Waals surface area (Å²) in [6.07, 6.45) is 1.79. The molecule has 3 nitrogen and oxygen atoms in total. The van der Waals surface area contributed by atoms with Gasteiger partial charge in [0.25, 0.3) is 0 Å². The van der Waals surface area contributed by atoms with Crippen LogP contribution in [0.2, 0.25) is 5.02 Å². The lowest BCUT2D eigenvalue weighted by atomic mass is 10.2. The number of thiazole rings is 1. The molecule has 110 valence electrons. The minimum atomic E-state index is 0.720. The van der Waals surface area contributed by atoms with Crippen molar-refractivity contribution in [3.63, 3.8) is 0 Å². The van der Waals surface area contributed by atoms with Crippen molar-refractivity contribution in [2.75, 3.05) is 12.1 Å². The van der Waals surface area contributed by atoms with Crippen LogP contribution in [0.15, 0.2) is 65.1 Å². The first-order chi connectivity index (χ1) is 10.7. The maximum atomic E-state index is 5.87. The van der Waals surface area contributed by atoms with E-state index in [4.69, 9.17) is 11.6 Å². The van der Waals surface area contributed by atoms with E-state index in [1.54, 1.807) is 22.6 Å². The second-order valence-corrected chi connectivity index (χ2v) is 5.97. The first kappa shape index (κ1) is 14.8. The van der Waals surface area contributed by atoms with E-state index in [0.717, 1.165) is 27.0 Å². The molecular formula is C17H14ClN3S. The van der Waals surface area contributed by atoms with Crippen molar-refractivity contribution in [2.45, 2.75) is 0 Å². The summed E-state index contributed by atoms with van der Waals surface area (Å²) in [6, 6.07) is 17.7. The molecule has 0 aliphatic rings. The summed E-state index contributed by atoms with van der Waals surface area (Å²) in [6.45, 7) is 0. The monoisotopic (exact) mass is 327 g/mol. The Morgan fingerprint density at radius 3 is 2.55 bits per heavy atom. The maximum absolute atomic E-state index is 5.87. The highest BCUT2D eigenvalue weighted by Crippen LogP contribution is 2.26. The molecule has 0 aliphatic heterocycles. The molecule has 0 bridgehead atoms. The van der Waals surface area contributed by atoms with Gasteiger partial charge in [0, 0.05) is 23.0 Å². The summed E-state index contributed by atoms with van der Waals surface area (Å²) in [4.78, 5) is 4.62. The molecule has 0 saturated heterocycles. The fraction of sp³-hybridized carbons (Fsp3) is 0.0588. The molecule has 0 fully saturated rings. The number of benzene rings is 2. The van der Waals surface area contributed by atoms with Gasteiger partial charge in [-0.15, -0.1) is 11.3 Å². The third kappa shape index (κ3) is 3.53. The lowest BCUT2D eigenvalue weighted by molar-refractivity contribution is 1.01. The van der Waals surface area contributed by atoms with Crippen LogP contribution in [0.1, 0.15) is 5.56 Å². The van der Waals surface area contributed by atoms with E-state index in [2.05, 4.69) is 22.2 Å². The number of hydrogen-bond donors (Lipinski definition) is 0. The number of anilines is 1. The molecule has 1 aromatic heterocycles. The molecule has 2 aromatic carbocycles. The quantitative estimate of drug-likeness (QED) is 0.502. The van der Waals surface area contributed by atoms with Crippen LogP contribution >= 0.6 is 22.9 Å². The number of hydrogen-bond acceptors (Lipinski definition) is 4. The van der Waals surface area contributed by atoms with Gasteiger partial charge in [-0.05, 0) is 17.7 Å². The second kappa shape index (κ2) is 6.73. The van der Waals surface area contributed by atoms with Crippen LogP contribution in [0.3, 0.4) is 0 Å². The van der Waals surface area contributed by atoms with E-state index < -0.39 is 0 Å². The predicted molar refractivity (Wildman–Crippen MR) is 95.0 cm³/mol. The van der Waals surface area contributed by atoms with Gasteiger partial charge >= 0.3 is 0 Å². The molecule has 22 heavy (non-hydrogen) atoms. The molecule has 0 saturated carbocycles. The van der Waals surface area contributed by atoms with Gasteiger partial charge in [0.05, 0.1) is 11.9 Å². The van der Waals surface area contributed by atoms with Crippen LogP contribution in [0.25, 0.3) is 11.3 Å². The van der Waals surface area contributed by atoms with Crippen molar-refractivity contribution < 1.29 is 0 Å². The number of rotatable bonds is 4. The summed E-state index contributed by atoms with van der Waals surface area (Å²) in [5.41, 5.74) is 3.07. The molecule has 0 amide bonds. The Balaban J connectivity index is 1.74. The summed E-state index contributed by atoms with van der Waals surface area (Å²) >= 11 is 7.44. The lowest BCUT2D eigenvalue weighted by Crippen LogP contribution is -2.08. The smallest absolute Gasteiger partial charge is 0.206 e. The SMILES string of the molecule is CN(/N=C\c1ccc(Cl)cc1)c1nc(-c2ccccc2)cs1. The molecule has 0 aliphatic carbocycles. The van der Waals surface area contributed by atoms with Gasteiger partial charge in [0.15, 0.2) is 0 Å². The van der Waals surface area contributed by atoms with Crippen molar-refractivity contribution >= 4 is 34.3 Å². The van der Waals surface area contributed by atoms with Crippen LogP contribution in [0.4, 0.5) is 5.13 Å². The molecule has 3 aromatic rings. The lowest BCUT2D eigenvalue weighted by Gasteiger charge is -2.07. The molecule has 0 N–H and O–H groups in total. The number of aromatic nitrogens is 1. The van der Waals surface area contributed by atoms with Crippen molar-refractivity contribution in [1.29, 1.82) is 0 Å². The molecule has 5 heteroatoms. The summed E-state index contributed by atoms with van der Waals surface area (Å²) in [5.74, 6) is 0. The average Bonchev–Trinajstić information content (AvgIpc) is 3.05. The summed E-state index contributed by atoms with van der Waals surface area (Å²) < 4.78 is 0. The van der Waals surface area contributed by atoms with Gasteiger partial charge in [0.2, 0.25) is 5.13 Å². The topological polar surface area (TPSA) is 28.5 Å². The molecule has 3 rings (SSSR count). The number of hydrazone groups is 1. The van der Waals surface area contributed by atoms with Gasteiger partial charge in [-0.1, -0.05) is 54.1 Å². The van der Waals surface area contributed by atoms with Gasteiger partial charge in [0.1, 0.15) is 0 Å². The third-order valence-electron chi connectivity index (χ3n) is 3.09. The van der Waals surface area contributed by atoms with Crippen LogP contribution in [0, 0.1) is 0 Å². The Morgan fingerprint density at radius 2 is 1.82 bits per heavy atom. The molecule has 0 atom stereocenters.